The number of rotatable bonds is 53. The topological polar surface area (TPSA) is 137 Å². The Morgan fingerprint density at radius 2 is 0.448 bits per heavy atom. The van der Waals surface area contributed by atoms with E-state index in [4.69, 9.17) is 61.6 Å². The maximum atomic E-state index is 11.9. The molecule has 0 aromatic rings. The molecule has 0 radical (unpaired) electrons. The van der Waals surface area contributed by atoms with Gasteiger partial charge in [-0.25, -0.2) is 0 Å². The summed E-state index contributed by atoms with van der Waals surface area (Å²) in [6.07, 6.45) is 19.6. The van der Waals surface area contributed by atoms with Crippen LogP contribution >= 0.6 is 0 Å². The van der Waals surface area contributed by atoms with E-state index in [0.29, 0.717) is 158 Å². The molecular weight excluding hydrogens is 752 g/mol. The van der Waals surface area contributed by atoms with Crippen LogP contribution in [0.15, 0.2) is 0 Å². The van der Waals surface area contributed by atoms with Gasteiger partial charge < -0.3 is 61.6 Å². The van der Waals surface area contributed by atoms with Gasteiger partial charge in [0.2, 0.25) is 0 Å². The molecule has 14 nitrogen and oxygen atoms in total. The minimum absolute atomic E-state index is 0.132. The first-order chi connectivity index (χ1) is 28.8. The molecule has 0 fully saturated rings. The molecule has 0 unspecified atom stereocenters. The van der Waals surface area contributed by atoms with Crippen molar-refractivity contribution in [2.75, 3.05) is 165 Å². The van der Waals surface area contributed by atoms with Crippen LogP contribution in [0.25, 0.3) is 0 Å². The molecule has 0 rings (SSSR count). The molecule has 0 aromatic heterocycles. The van der Waals surface area contributed by atoms with Crippen molar-refractivity contribution in [2.45, 2.75) is 117 Å². The van der Waals surface area contributed by atoms with Crippen LogP contribution < -0.4 is 0 Å². The lowest BCUT2D eigenvalue weighted by Gasteiger charge is -2.09. The van der Waals surface area contributed by atoms with E-state index in [1.54, 1.807) is 0 Å². The summed E-state index contributed by atoms with van der Waals surface area (Å²) in [4.78, 5) is 11.9. The summed E-state index contributed by atoms with van der Waals surface area (Å²) in [6.45, 7) is 17.3. The zero-order chi connectivity index (χ0) is 41.8. The van der Waals surface area contributed by atoms with Gasteiger partial charge >= 0.3 is 5.97 Å². The maximum Gasteiger partial charge on any atom is 0.305 e. The van der Waals surface area contributed by atoms with Crippen LogP contribution in [0.3, 0.4) is 0 Å². The number of hydrogen-bond donors (Lipinski definition) is 0. The van der Waals surface area contributed by atoms with E-state index in [9.17, 15) is 4.79 Å². The third-order valence-corrected chi connectivity index (χ3v) is 8.71. The number of carbonyl (C=O) groups excluding carboxylic acids is 1. The highest BCUT2D eigenvalue weighted by atomic mass is 16.6. The second-order valence-corrected chi connectivity index (χ2v) is 13.9. The smallest absolute Gasteiger partial charge is 0.305 e. The molecule has 0 N–H and O–H groups in total. The van der Waals surface area contributed by atoms with Gasteiger partial charge in [0.1, 0.15) is 6.61 Å². The lowest BCUT2D eigenvalue weighted by atomic mass is 10.0. The van der Waals surface area contributed by atoms with Crippen molar-refractivity contribution in [1.82, 2.24) is 0 Å². The average molecular weight is 841 g/mol. The number of esters is 1. The Labute approximate surface area is 353 Å². The van der Waals surface area contributed by atoms with E-state index in [1.165, 1.54) is 70.6 Å². The van der Waals surface area contributed by atoms with Gasteiger partial charge in [0.05, 0.1) is 152 Å². The van der Waals surface area contributed by atoms with Crippen molar-refractivity contribution in [3.8, 4) is 0 Å². The van der Waals surface area contributed by atoms with Gasteiger partial charge in [-0.3, -0.25) is 4.79 Å². The van der Waals surface area contributed by atoms with E-state index in [1.807, 2.05) is 0 Å². The molecule has 0 aromatic carbocycles. The van der Waals surface area contributed by atoms with Crippen LogP contribution in [0.1, 0.15) is 117 Å². The Balaban J connectivity index is 3.12. The molecule has 14 heteroatoms. The zero-order valence-corrected chi connectivity index (χ0v) is 37.2. The number of unbranched alkanes of at least 4 members (excludes halogenated alkanes) is 13. The van der Waals surface area contributed by atoms with Gasteiger partial charge in [-0.05, 0) is 12.8 Å². The Kier molecular flexibility index (Phi) is 53.1. The van der Waals surface area contributed by atoms with Crippen LogP contribution in [0.5, 0.6) is 0 Å². The molecule has 0 atom stereocenters. The van der Waals surface area contributed by atoms with Crippen LogP contribution in [-0.2, 0) is 66.4 Å². The molecular formula is C44H88O14. The first-order valence-electron chi connectivity index (χ1n) is 22.9. The molecule has 0 amide bonds. The minimum Gasteiger partial charge on any atom is -0.463 e. The van der Waals surface area contributed by atoms with Crippen LogP contribution in [0.4, 0.5) is 0 Å². The SMILES string of the molecule is CCCCCCCCCCCCCCCC(=O)OCCOCCOCCOCCOCCOCCOCCOCCOCCOCCOCCOCCOCCCC. The minimum atomic E-state index is -0.132. The van der Waals surface area contributed by atoms with Crippen LogP contribution in [0.2, 0.25) is 0 Å². The Morgan fingerprint density at radius 1 is 0.241 bits per heavy atom. The standard InChI is InChI=1S/C44H88O14/c1-3-5-7-8-9-10-11-12-13-14-15-16-17-18-44(45)58-43-42-57-41-40-56-39-38-55-37-36-54-35-34-53-33-32-52-31-30-51-29-28-50-27-26-49-25-24-48-23-22-47-21-20-46-19-6-4-2/h3-43H2,1-2H3. The highest BCUT2D eigenvalue weighted by molar-refractivity contribution is 5.69. The first-order valence-corrected chi connectivity index (χ1v) is 22.9. The van der Waals surface area contributed by atoms with E-state index in [-0.39, 0.29) is 12.6 Å². The summed E-state index contributed by atoms with van der Waals surface area (Å²) in [5.41, 5.74) is 0. The number of hydrogen-bond acceptors (Lipinski definition) is 14. The molecule has 58 heavy (non-hydrogen) atoms. The maximum absolute atomic E-state index is 11.9. The van der Waals surface area contributed by atoms with E-state index in [2.05, 4.69) is 13.8 Å². The molecule has 0 aliphatic carbocycles. The second-order valence-electron chi connectivity index (χ2n) is 13.9. The van der Waals surface area contributed by atoms with Gasteiger partial charge in [0.25, 0.3) is 0 Å². The van der Waals surface area contributed by atoms with Crippen LogP contribution in [0, 0.1) is 0 Å². The average Bonchev–Trinajstić information content (AvgIpc) is 3.23. The third-order valence-electron chi connectivity index (χ3n) is 8.71. The third kappa shape index (κ3) is 53.0. The van der Waals surface area contributed by atoms with Gasteiger partial charge in [-0.2, -0.15) is 0 Å². The first kappa shape index (κ1) is 57.0. The summed E-state index contributed by atoms with van der Waals surface area (Å²) in [5, 5.41) is 0. The fourth-order valence-corrected chi connectivity index (χ4v) is 5.34. The fourth-order valence-electron chi connectivity index (χ4n) is 5.34. The molecule has 0 saturated carbocycles. The number of carbonyl (C=O) groups is 1. The van der Waals surface area contributed by atoms with Crippen molar-refractivity contribution in [2.24, 2.45) is 0 Å². The van der Waals surface area contributed by atoms with Crippen LogP contribution in [-0.4, -0.2) is 171 Å². The monoisotopic (exact) mass is 841 g/mol. The Morgan fingerprint density at radius 3 is 0.707 bits per heavy atom. The van der Waals surface area contributed by atoms with Gasteiger partial charge in [0, 0.05) is 13.0 Å². The molecule has 0 saturated heterocycles. The van der Waals surface area contributed by atoms with E-state index >= 15 is 0 Å². The fraction of sp³-hybridized carbons (Fsp3) is 0.977. The normalized spacial score (nSPS) is 11.6. The van der Waals surface area contributed by atoms with Crippen molar-refractivity contribution in [3.05, 3.63) is 0 Å². The summed E-state index contributed by atoms with van der Waals surface area (Å²) in [7, 11) is 0. The largest absolute Gasteiger partial charge is 0.463 e. The summed E-state index contributed by atoms with van der Waals surface area (Å²) in [6, 6.07) is 0. The molecule has 0 bridgehead atoms. The van der Waals surface area contributed by atoms with E-state index < -0.39 is 0 Å². The molecule has 0 aliphatic rings. The van der Waals surface area contributed by atoms with Crippen molar-refractivity contribution in [3.63, 3.8) is 0 Å². The summed E-state index contributed by atoms with van der Waals surface area (Å²) < 4.78 is 71.1. The van der Waals surface area contributed by atoms with Crippen molar-refractivity contribution >= 4 is 5.97 Å². The number of ether oxygens (including phenoxy) is 13. The van der Waals surface area contributed by atoms with Crippen molar-refractivity contribution in [1.29, 1.82) is 0 Å². The predicted octanol–water partition coefficient (Wildman–Crippen LogP) is 7.01. The van der Waals surface area contributed by atoms with E-state index in [0.717, 1.165) is 32.3 Å². The Bertz CT molecular complexity index is 751. The zero-order valence-electron chi connectivity index (χ0n) is 37.2. The molecule has 348 valence electrons. The quantitative estimate of drug-likeness (QED) is 0.0459. The lowest BCUT2D eigenvalue weighted by Crippen LogP contribution is -2.15. The Hall–Kier alpha value is -1.01. The summed E-state index contributed by atoms with van der Waals surface area (Å²) in [5.74, 6) is -0.132. The summed E-state index contributed by atoms with van der Waals surface area (Å²) >= 11 is 0. The van der Waals surface area contributed by atoms with Gasteiger partial charge in [0.15, 0.2) is 0 Å². The van der Waals surface area contributed by atoms with Gasteiger partial charge in [-0.15, -0.1) is 0 Å². The van der Waals surface area contributed by atoms with Gasteiger partial charge in [-0.1, -0.05) is 97.3 Å². The predicted molar refractivity (Wildman–Crippen MR) is 226 cm³/mol. The van der Waals surface area contributed by atoms with Crippen molar-refractivity contribution < 1.29 is 66.4 Å². The molecule has 0 spiro atoms. The highest BCUT2D eigenvalue weighted by Gasteiger charge is 2.03. The lowest BCUT2D eigenvalue weighted by molar-refractivity contribution is -0.145. The molecule has 0 aliphatic heterocycles. The second kappa shape index (κ2) is 54.0. The highest BCUT2D eigenvalue weighted by Crippen LogP contribution is 2.13. The molecule has 0 heterocycles.